The summed E-state index contributed by atoms with van der Waals surface area (Å²) in [6.45, 7) is 4.84. The van der Waals surface area contributed by atoms with Gasteiger partial charge in [0.25, 0.3) is 0 Å². The molecule has 2 rings (SSSR count). The van der Waals surface area contributed by atoms with Gasteiger partial charge in [-0.2, -0.15) is 0 Å². The number of carbonyl (C=O) groups is 2. The van der Waals surface area contributed by atoms with Gasteiger partial charge in [0.1, 0.15) is 0 Å². The third-order valence-electron chi connectivity index (χ3n) is 3.35. The third kappa shape index (κ3) is 1.87. The summed E-state index contributed by atoms with van der Waals surface area (Å²) in [5.74, 6) is 0.233. The van der Waals surface area contributed by atoms with Crippen LogP contribution >= 0.6 is 0 Å². The number of ketones is 2. The van der Waals surface area contributed by atoms with Crippen molar-refractivity contribution in [3.05, 3.63) is 22.8 Å². The molecule has 0 atom stereocenters. The second kappa shape index (κ2) is 4.34. The van der Waals surface area contributed by atoms with Crippen molar-refractivity contribution < 1.29 is 14.3 Å². The van der Waals surface area contributed by atoms with E-state index in [-0.39, 0.29) is 17.5 Å². The van der Waals surface area contributed by atoms with Gasteiger partial charge in [0.15, 0.2) is 11.6 Å². The summed E-state index contributed by atoms with van der Waals surface area (Å²) in [5.41, 5.74) is 1.92. The number of allylic oxidation sites excluding steroid dienone is 4. The van der Waals surface area contributed by atoms with Crippen molar-refractivity contribution in [3.8, 4) is 0 Å². The maximum absolute atomic E-state index is 12.1. The van der Waals surface area contributed by atoms with E-state index in [1.54, 1.807) is 13.8 Å². The van der Waals surface area contributed by atoms with E-state index in [2.05, 4.69) is 0 Å². The quantitative estimate of drug-likeness (QED) is 0.633. The Morgan fingerprint density at radius 1 is 1.19 bits per heavy atom. The Labute approximate surface area is 95.2 Å². The molecule has 0 spiro atoms. The van der Waals surface area contributed by atoms with E-state index in [9.17, 15) is 9.59 Å². The maximum atomic E-state index is 12.1. The fourth-order valence-corrected chi connectivity index (χ4v) is 2.36. The Morgan fingerprint density at radius 2 is 1.81 bits per heavy atom. The Kier molecular flexibility index (Phi) is 3.06. The molecule has 0 aromatic rings. The lowest BCUT2D eigenvalue weighted by atomic mass is 9.80. The SMILES string of the molecule is CC1=CC(=O)C(C)=C(C2CCOCC2)C1=O. The Morgan fingerprint density at radius 3 is 2.44 bits per heavy atom. The molecule has 1 aliphatic carbocycles. The number of Topliss-reactive ketones (excluding diaryl/α,β-unsaturated/α-hetero) is 1. The van der Waals surface area contributed by atoms with Gasteiger partial charge in [-0.1, -0.05) is 0 Å². The molecule has 0 aromatic heterocycles. The first kappa shape index (κ1) is 11.3. The number of hydrogen-bond acceptors (Lipinski definition) is 3. The zero-order chi connectivity index (χ0) is 11.7. The Bertz CT molecular complexity index is 395. The van der Waals surface area contributed by atoms with Crippen LogP contribution < -0.4 is 0 Å². The van der Waals surface area contributed by atoms with Gasteiger partial charge in [0, 0.05) is 29.9 Å². The molecule has 1 fully saturated rings. The third-order valence-corrected chi connectivity index (χ3v) is 3.35. The van der Waals surface area contributed by atoms with E-state index < -0.39 is 0 Å². The molecule has 2 aliphatic rings. The van der Waals surface area contributed by atoms with Crippen molar-refractivity contribution >= 4 is 11.6 Å². The molecule has 0 radical (unpaired) electrons. The van der Waals surface area contributed by atoms with Crippen LogP contribution in [0.5, 0.6) is 0 Å². The summed E-state index contributed by atoms with van der Waals surface area (Å²) in [7, 11) is 0. The van der Waals surface area contributed by atoms with E-state index in [0.29, 0.717) is 24.4 Å². The molecule has 1 heterocycles. The van der Waals surface area contributed by atoms with Crippen molar-refractivity contribution in [3.63, 3.8) is 0 Å². The number of hydrogen-bond donors (Lipinski definition) is 0. The smallest absolute Gasteiger partial charge is 0.185 e. The molecule has 86 valence electrons. The lowest BCUT2D eigenvalue weighted by Crippen LogP contribution is -2.27. The second-order valence-electron chi connectivity index (χ2n) is 4.45. The number of carbonyl (C=O) groups excluding carboxylic acids is 2. The van der Waals surface area contributed by atoms with E-state index in [1.165, 1.54) is 6.08 Å². The fraction of sp³-hybridized carbons (Fsp3) is 0.538. The highest BCUT2D eigenvalue weighted by molar-refractivity contribution is 6.22. The van der Waals surface area contributed by atoms with Crippen molar-refractivity contribution in [2.45, 2.75) is 26.7 Å². The minimum atomic E-state index is -0.0152. The van der Waals surface area contributed by atoms with Crippen LogP contribution in [0.1, 0.15) is 26.7 Å². The molecule has 0 saturated carbocycles. The van der Waals surface area contributed by atoms with Crippen LogP contribution in [-0.4, -0.2) is 24.8 Å². The minimum absolute atomic E-state index is 0.0152. The van der Waals surface area contributed by atoms with Crippen molar-refractivity contribution in [1.29, 1.82) is 0 Å². The predicted molar refractivity (Wildman–Crippen MR) is 60.0 cm³/mol. The first-order valence-corrected chi connectivity index (χ1v) is 5.67. The minimum Gasteiger partial charge on any atom is -0.381 e. The standard InChI is InChI=1S/C13H16O3/c1-8-7-11(14)9(2)12(13(8)15)10-3-5-16-6-4-10/h7,10H,3-6H2,1-2H3. The molecule has 16 heavy (non-hydrogen) atoms. The first-order valence-electron chi connectivity index (χ1n) is 5.67. The number of ether oxygens (including phenoxy) is 1. The van der Waals surface area contributed by atoms with Gasteiger partial charge in [0.05, 0.1) is 0 Å². The summed E-state index contributed by atoms with van der Waals surface area (Å²) in [6, 6.07) is 0. The van der Waals surface area contributed by atoms with E-state index in [1.807, 2.05) is 0 Å². The largest absolute Gasteiger partial charge is 0.381 e. The van der Waals surface area contributed by atoms with Crippen molar-refractivity contribution in [2.24, 2.45) is 5.92 Å². The number of rotatable bonds is 1. The first-order chi connectivity index (χ1) is 7.61. The van der Waals surface area contributed by atoms with Crippen LogP contribution in [0.15, 0.2) is 22.8 Å². The average molecular weight is 220 g/mol. The molecule has 0 unspecified atom stereocenters. The molecule has 1 saturated heterocycles. The van der Waals surface area contributed by atoms with Gasteiger partial charge >= 0.3 is 0 Å². The highest BCUT2D eigenvalue weighted by atomic mass is 16.5. The highest BCUT2D eigenvalue weighted by Crippen LogP contribution is 2.31. The van der Waals surface area contributed by atoms with Crippen LogP contribution in [0.25, 0.3) is 0 Å². The Balaban J connectivity index is 2.33. The van der Waals surface area contributed by atoms with Crippen LogP contribution in [0.4, 0.5) is 0 Å². The monoisotopic (exact) mass is 220 g/mol. The molecule has 0 aromatic carbocycles. The topological polar surface area (TPSA) is 43.4 Å². The lowest BCUT2D eigenvalue weighted by molar-refractivity contribution is -0.116. The molecule has 1 aliphatic heterocycles. The molecule has 3 nitrogen and oxygen atoms in total. The molecular weight excluding hydrogens is 204 g/mol. The van der Waals surface area contributed by atoms with Crippen molar-refractivity contribution in [1.82, 2.24) is 0 Å². The average Bonchev–Trinajstić information content (AvgIpc) is 2.28. The van der Waals surface area contributed by atoms with Crippen LogP contribution in [0.2, 0.25) is 0 Å². The summed E-state index contributed by atoms with van der Waals surface area (Å²) < 4.78 is 5.28. The van der Waals surface area contributed by atoms with Crippen LogP contribution in [0, 0.1) is 5.92 Å². The van der Waals surface area contributed by atoms with Gasteiger partial charge < -0.3 is 4.74 Å². The van der Waals surface area contributed by atoms with Gasteiger partial charge in [0.2, 0.25) is 0 Å². The highest BCUT2D eigenvalue weighted by Gasteiger charge is 2.30. The summed E-state index contributed by atoms with van der Waals surface area (Å²) in [6.07, 6.45) is 3.14. The van der Waals surface area contributed by atoms with Crippen molar-refractivity contribution in [2.75, 3.05) is 13.2 Å². The second-order valence-corrected chi connectivity index (χ2v) is 4.45. The van der Waals surface area contributed by atoms with E-state index in [0.717, 1.165) is 18.4 Å². The molecule has 0 bridgehead atoms. The fourth-order valence-electron chi connectivity index (χ4n) is 2.36. The van der Waals surface area contributed by atoms with Gasteiger partial charge in [-0.3, -0.25) is 9.59 Å². The lowest BCUT2D eigenvalue weighted by Gasteiger charge is -2.27. The predicted octanol–water partition coefficient (Wildman–Crippen LogP) is 1.83. The zero-order valence-electron chi connectivity index (χ0n) is 9.71. The molecule has 0 amide bonds. The molecular formula is C13H16O3. The Hall–Kier alpha value is -1.22. The van der Waals surface area contributed by atoms with Gasteiger partial charge in [-0.25, -0.2) is 0 Å². The van der Waals surface area contributed by atoms with E-state index >= 15 is 0 Å². The summed E-state index contributed by atoms with van der Waals surface area (Å²) >= 11 is 0. The maximum Gasteiger partial charge on any atom is 0.185 e. The van der Waals surface area contributed by atoms with E-state index in [4.69, 9.17) is 4.74 Å². The van der Waals surface area contributed by atoms with Crippen LogP contribution in [0.3, 0.4) is 0 Å². The molecule has 0 N–H and O–H groups in total. The molecule has 3 heteroatoms. The summed E-state index contributed by atoms with van der Waals surface area (Å²) in [5, 5.41) is 0. The summed E-state index contributed by atoms with van der Waals surface area (Å²) in [4.78, 5) is 23.7. The van der Waals surface area contributed by atoms with Crippen LogP contribution in [-0.2, 0) is 14.3 Å². The normalized spacial score (nSPS) is 23.8. The zero-order valence-corrected chi connectivity index (χ0v) is 9.71. The van der Waals surface area contributed by atoms with Gasteiger partial charge in [-0.05, 0) is 38.7 Å². The van der Waals surface area contributed by atoms with Gasteiger partial charge in [-0.15, -0.1) is 0 Å².